The third-order valence-electron chi connectivity index (χ3n) is 4.03. The van der Waals surface area contributed by atoms with E-state index in [1.54, 1.807) is 11.0 Å². The smallest absolute Gasteiger partial charge is 0.266 e. The minimum atomic E-state index is -0.274. The van der Waals surface area contributed by atoms with Crippen LogP contribution in [0.3, 0.4) is 0 Å². The van der Waals surface area contributed by atoms with Crippen LogP contribution in [0.2, 0.25) is 0 Å². The number of amides is 1. The van der Waals surface area contributed by atoms with Crippen molar-refractivity contribution in [2.75, 3.05) is 13.1 Å². The van der Waals surface area contributed by atoms with Gasteiger partial charge >= 0.3 is 0 Å². The van der Waals surface area contributed by atoms with E-state index >= 15 is 0 Å². The summed E-state index contributed by atoms with van der Waals surface area (Å²) in [6, 6.07) is 12.1. The second kappa shape index (κ2) is 9.56. The van der Waals surface area contributed by atoms with Crippen molar-refractivity contribution >= 4 is 51.5 Å². The monoisotopic (exact) mass is 510 g/mol. The van der Waals surface area contributed by atoms with Crippen LogP contribution in [-0.4, -0.2) is 29.1 Å². The van der Waals surface area contributed by atoms with Crippen LogP contribution in [0.4, 0.5) is 4.39 Å². The van der Waals surface area contributed by atoms with Gasteiger partial charge in [-0.25, -0.2) is 4.39 Å². The van der Waals surface area contributed by atoms with Crippen molar-refractivity contribution in [1.82, 2.24) is 4.90 Å². The lowest BCUT2D eigenvalue weighted by molar-refractivity contribution is -0.122. The van der Waals surface area contributed by atoms with Crippen molar-refractivity contribution in [3.05, 3.63) is 67.9 Å². The Morgan fingerprint density at radius 2 is 2.07 bits per heavy atom. The van der Waals surface area contributed by atoms with E-state index in [1.165, 1.54) is 23.9 Å². The number of rotatable bonds is 6. The molecular weight excluding hydrogens is 490 g/mol. The first-order valence-electron chi connectivity index (χ1n) is 8.94. The number of nitrogens with zero attached hydrogens (tertiary/aromatic N) is 2. The number of hydrogen-bond donors (Lipinski definition) is 0. The summed E-state index contributed by atoms with van der Waals surface area (Å²) in [7, 11) is 0. The number of hydrogen-bond acceptors (Lipinski definition) is 4. The minimum Gasteiger partial charge on any atom is -0.488 e. The van der Waals surface area contributed by atoms with E-state index in [0.29, 0.717) is 24.6 Å². The Hall–Kier alpha value is -1.87. The zero-order chi connectivity index (χ0) is 20.1. The molecule has 0 bridgehead atoms. The van der Waals surface area contributed by atoms with Gasteiger partial charge in [-0.3, -0.25) is 14.7 Å². The molecule has 4 nitrogen and oxygen atoms in total. The van der Waals surface area contributed by atoms with E-state index in [4.69, 9.17) is 4.74 Å². The van der Waals surface area contributed by atoms with Gasteiger partial charge in [-0.05, 0) is 89.7 Å². The van der Waals surface area contributed by atoms with Gasteiger partial charge in [0, 0.05) is 13.1 Å². The molecule has 0 unspecified atom stereocenters. The predicted molar refractivity (Wildman–Crippen MR) is 121 cm³/mol. The average molecular weight is 510 g/mol. The highest BCUT2D eigenvalue weighted by molar-refractivity contribution is 14.1. The first kappa shape index (κ1) is 20.9. The molecule has 146 valence electrons. The maximum Gasteiger partial charge on any atom is 0.266 e. The molecule has 2 aromatic rings. The summed E-state index contributed by atoms with van der Waals surface area (Å²) in [5.41, 5.74) is 1.70. The highest BCUT2D eigenvalue weighted by Crippen LogP contribution is 2.33. The van der Waals surface area contributed by atoms with Crippen LogP contribution in [0, 0.1) is 9.39 Å². The van der Waals surface area contributed by atoms with Gasteiger partial charge in [-0.2, -0.15) is 0 Å². The van der Waals surface area contributed by atoms with Crippen LogP contribution in [0.15, 0.2) is 52.4 Å². The van der Waals surface area contributed by atoms with Crippen molar-refractivity contribution in [1.29, 1.82) is 0 Å². The molecule has 1 saturated heterocycles. The summed E-state index contributed by atoms with van der Waals surface area (Å²) in [4.78, 5) is 19.3. The SMILES string of the molecule is CCN=C1S/C(=C/c2ccc(OCc3cccc(F)c3)c(I)c2)C(=O)N1CC. The summed E-state index contributed by atoms with van der Waals surface area (Å²) in [6.07, 6.45) is 1.88. The molecule has 1 aliphatic rings. The molecule has 0 aromatic heterocycles. The van der Waals surface area contributed by atoms with E-state index in [-0.39, 0.29) is 11.7 Å². The van der Waals surface area contributed by atoms with Crippen molar-refractivity contribution in [2.45, 2.75) is 20.5 Å². The topological polar surface area (TPSA) is 41.9 Å². The van der Waals surface area contributed by atoms with E-state index in [2.05, 4.69) is 27.6 Å². The molecule has 3 rings (SSSR count). The van der Waals surface area contributed by atoms with Crippen molar-refractivity contribution in [3.8, 4) is 5.75 Å². The van der Waals surface area contributed by atoms with E-state index in [0.717, 1.165) is 25.6 Å². The minimum absolute atomic E-state index is 0.0128. The van der Waals surface area contributed by atoms with Gasteiger partial charge in [0.2, 0.25) is 0 Å². The van der Waals surface area contributed by atoms with Gasteiger partial charge in [-0.1, -0.05) is 18.2 Å². The van der Waals surface area contributed by atoms with Gasteiger partial charge in [0.05, 0.1) is 8.48 Å². The second-order valence-electron chi connectivity index (χ2n) is 6.03. The molecule has 0 spiro atoms. The number of halogens is 2. The summed E-state index contributed by atoms with van der Waals surface area (Å²) >= 11 is 3.61. The number of aliphatic imine (C=N–C) groups is 1. The molecule has 7 heteroatoms. The Labute approximate surface area is 182 Å². The number of thioether (sulfide) groups is 1. The van der Waals surface area contributed by atoms with Crippen LogP contribution in [0.5, 0.6) is 5.75 Å². The van der Waals surface area contributed by atoms with Gasteiger partial charge < -0.3 is 4.74 Å². The van der Waals surface area contributed by atoms with Gasteiger partial charge in [0.25, 0.3) is 5.91 Å². The third kappa shape index (κ3) is 4.94. The van der Waals surface area contributed by atoms with Crippen LogP contribution < -0.4 is 4.74 Å². The fourth-order valence-corrected chi connectivity index (χ4v) is 4.50. The Kier molecular flexibility index (Phi) is 7.12. The lowest BCUT2D eigenvalue weighted by Gasteiger charge is -2.11. The van der Waals surface area contributed by atoms with Crippen LogP contribution >= 0.6 is 34.4 Å². The summed E-state index contributed by atoms with van der Waals surface area (Å²) in [5.74, 6) is 0.436. The highest BCUT2D eigenvalue weighted by Gasteiger charge is 2.31. The molecular formula is C21H20FIN2O2S. The Morgan fingerprint density at radius 3 is 2.75 bits per heavy atom. The fraction of sp³-hybridized carbons (Fsp3) is 0.238. The largest absolute Gasteiger partial charge is 0.488 e. The maximum atomic E-state index is 13.3. The van der Waals surface area contributed by atoms with E-state index in [1.807, 2.05) is 44.2 Å². The van der Waals surface area contributed by atoms with Crippen molar-refractivity contribution in [3.63, 3.8) is 0 Å². The zero-order valence-electron chi connectivity index (χ0n) is 15.6. The van der Waals surface area contributed by atoms with Gasteiger partial charge in [-0.15, -0.1) is 0 Å². The molecule has 28 heavy (non-hydrogen) atoms. The Bertz CT molecular complexity index is 946. The van der Waals surface area contributed by atoms with E-state index in [9.17, 15) is 9.18 Å². The number of benzene rings is 2. The molecule has 1 aliphatic heterocycles. The normalized spacial score (nSPS) is 17.0. The molecule has 1 fully saturated rings. The summed E-state index contributed by atoms with van der Waals surface area (Å²) < 4.78 is 20.0. The van der Waals surface area contributed by atoms with Crippen LogP contribution in [0.25, 0.3) is 6.08 Å². The first-order valence-corrected chi connectivity index (χ1v) is 10.8. The first-order chi connectivity index (χ1) is 13.5. The Morgan fingerprint density at radius 1 is 1.25 bits per heavy atom. The van der Waals surface area contributed by atoms with E-state index < -0.39 is 0 Å². The zero-order valence-corrected chi connectivity index (χ0v) is 18.6. The third-order valence-corrected chi connectivity index (χ3v) is 5.92. The number of carbonyl (C=O) groups is 1. The van der Waals surface area contributed by atoms with Crippen LogP contribution in [-0.2, 0) is 11.4 Å². The molecule has 0 atom stereocenters. The number of carbonyl (C=O) groups excluding carboxylic acids is 1. The lowest BCUT2D eigenvalue weighted by Crippen LogP contribution is -2.28. The van der Waals surface area contributed by atoms with Gasteiger partial charge in [0.15, 0.2) is 5.17 Å². The second-order valence-corrected chi connectivity index (χ2v) is 8.20. The summed E-state index contributed by atoms with van der Waals surface area (Å²) in [6.45, 7) is 5.45. The molecule has 1 amide bonds. The number of likely N-dealkylation sites (N-methyl/N-ethyl adjacent to an activating group) is 1. The molecule has 0 aliphatic carbocycles. The Balaban J connectivity index is 1.74. The molecule has 2 aromatic carbocycles. The average Bonchev–Trinajstić information content (AvgIpc) is 2.96. The standard InChI is InChI=1S/C21H20FIN2O2S/c1-3-24-21-25(4-2)20(26)19(28-21)12-14-8-9-18(17(23)11-14)27-13-15-6-5-7-16(22)10-15/h5-12H,3-4,13H2,1-2H3/b19-12+,24-21?. The molecule has 0 N–H and O–H groups in total. The molecule has 0 saturated carbocycles. The summed E-state index contributed by atoms with van der Waals surface area (Å²) in [5, 5.41) is 0.756. The number of amidine groups is 1. The fourth-order valence-electron chi connectivity index (χ4n) is 2.70. The maximum absolute atomic E-state index is 13.3. The highest BCUT2D eigenvalue weighted by atomic mass is 127. The van der Waals surface area contributed by atoms with Gasteiger partial charge in [0.1, 0.15) is 18.2 Å². The molecule has 0 radical (unpaired) electrons. The van der Waals surface area contributed by atoms with Crippen molar-refractivity contribution < 1.29 is 13.9 Å². The van der Waals surface area contributed by atoms with Crippen LogP contribution in [0.1, 0.15) is 25.0 Å². The van der Waals surface area contributed by atoms with Crippen molar-refractivity contribution in [2.24, 2.45) is 4.99 Å². The number of ether oxygens (including phenoxy) is 1. The lowest BCUT2D eigenvalue weighted by atomic mass is 10.2. The predicted octanol–water partition coefficient (Wildman–Crippen LogP) is 5.32. The quantitative estimate of drug-likeness (QED) is 0.390. The molecule has 1 heterocycles.